The van der Waals surface area contributed by atoms with Crippen LogP contribution in [-0.4, -0.2) is 18.1 Å². The molecule has 0 unspecified atom stereocenters. The highest BCUT2D eigenvalue weighted by Gasteiger charge is 2.01. The van der Waals surface area contributed by atoms with Crippen molar-refractivity contribution in [3.8, 4) is 5.75 Å². The quantitative estimate of drug-likeness (QED) is 0.941. The van der Waals surface area contributed by atoms with Crippen molar-refractivity contribution in [1.82, 2.24) is 4.98 Å². The third-order valence-electron chi connectivity index (χ3n) is 1.85. The summed E-state index contributed by atoms with van der Waals surface area (Å²) in [6, 6.07) is 5.94. The molecule has 90 valence electrons. The van der Waals surface area contributed by atoms with Crippen molar-refractivity contribution < 1.29 is 4.74 Å². The van der Waals surface area contributed by atoms with Crippen LogP contribution in [0.25, 0.3) is 10.2 Å². The predicted octanol–water partition coefficient (Wildman–Crippen LogP) is 2.79. The Hall–Kier alpha value is -0.550. The molecule has 0 fully saturated rings. The van der Waals surface area contributed by atoms with Crippen LogP contribution in [0.2, 0.25) is 0 Å². The number of nitrogens with two attached hydrogens (primary N) is 1. The second kappa shape index (κ2) is 6.91. The van der Waals surface area contributed by atoms with Gasteiger partial charge in [0.1, 0.15) is 12.4 Å². The number of halogens is 2. The minimum absolute atomic E-state index is 0. The van der Waals surface area contributed by atoms with Gasteiger partial charge in [0.2, 0.25) is 0 Å². The van der Waals surface area contributed by atoms with Gasteiger partial charge in [-0.25, -0.2) is 4.98 Å². The van der Waals surface area contributed by atoms with Gasteiger partial charge in [0.15, 0.2) is 0 Å². The fourth-order valence-electron chi connectivity index (χ4n) is 1.29. The topological polar surface area (TPSA) is 48.1 Å². The van der Waals surface area contributed by atoms with Crippen molar-refractivity contribution >= 4 is 46.4 Å². The van der Waals surface area contributed by atoms with Crippen molar-refractivity contribution in [3.05, 3.63) is 23.2 Å². The second-order valence-corrected chi connectivity index (χ2v) is 4.23. The van der Waals surface area contributed by atoms with Crippen LogP contribution in [0, 0.1) is 6.92 Å². The van der Waals surface area contributed by atoms with Gasteiger partial charge in [0, 0.05) is 12.6 Å². The Balaban J connectivity index is 0.00000112. The smallest absolute Gasteiger partial charge is 0.121 e. The number of aromatic nitrogens is 1. The van der Waals surface area contributed by atoms with Crippen LogP contribution in [0.4, 0.5) is 0 Å². The minimum atomic E-state index is 0. The summed E-state index contributed by atoms with van der Waals surface area (Å²) in [5.74, 6) is 0.841. The van der Waals surface area contributed by atoms with E-state index in [1.165, 1.54) is 4.70 Å². The van der Waals surface area contributed by atoms with Crippen LogP contribution in [0.15, 0.2) is 18.2 Å². The van der Waals surface area contributed by atoms with Crippen LogP contribution in [0.5, 0.6) is 5.75 Å². The van der Waals surface area contributed by atoms with Crippen LogP contribution in [0.1, 0.15) is 5.01 Å². The zero-order chi connectivity index (χ0) is 9.97. The molecule has 0 radical (unpaired) electrons. The lowest BCUT2D eigenvalue weighted by molar-refractivity contribution is 0.329. The summed E-state index contributed by atoms with van der Waals surface area (Å²) in [7, 11) is 0. The first-order chi connectivity index (χ1) is 6.79. The average molecular weight is 281 g/mol. The number of benzene rings is 1. The Morgan fingerprint density at radius 2 is 2.12 bits per heavy atom. The molecule has 0 spiro atoms. The number of nitrogens with zero attached hydrogens (tertiary/aromatic N) is 1. The third kappa shape index (κ3) is 3.49. The maximum atomic E-state index is 5.41. The maximum Gasteiger partial charge on any atom is 0.121 e. The SMILES string of the molecule is Cc1nc2cc(OCCN)ccc2s1.Cl.Cl. The molecule has 1 heterocycles. The summed E-state index contributed by atoms with van der Waals surface area (Å²) in [6.45, 7) is 3.09. The molecule has 0 aliphatic heterocycles. The van der Waals surface area contributed by atoms with Crippen molar-refractivity contribution in [2.45, 2.75) is 6.92 Å². The maximum absolute atomic E-state index is 5.41. The van der Waals surface area contributed by atoms with E-state index in [0.29, 0.717) is 13.2 Å². The van der Waals surface area contributed by atoms with Crippen molar-refractivity contribution in [1.29, 1.82) is 0 Å². The van der Waals surface area contributed by atoms with E-state index in [4.69, 9.17) is 10.5 Å². The highest BCUT2D eigenvalue weighted by atomic mass is 35.5. The predicted molar refractivity (Wildman–Crippen MR) is 73.4 cm³/mol. The molecule has 0 saturated heterocycles. The van der Waals surface area contributed by atoms with E-state index in [-0.39, 0.29) is 24.8 Å². The third-order valence-corrected chi connectivity index (χ3v) is 2.80. The van der Waals surface area contributed by atoms with Crippen molar-refractivity contribution in [2.24, 2.45) is 5.73 Å². The van der Waals surface area contributed by atoms with E-state index in [1.54, 1.807) is 11.3 Å². The van der Waals surface area contributed by atoms with Gasteiger partial charge in [0.05, 0.1) is 15.2 Å². The Morgan fingerprint density at radius 1 is 1.38 bits per heavy atom. The van der Waals surface area contributed by atoms with Gasteiger partial charge < -0.3 is 10.5 Å². The number of aryl methyl sites for hydroxylation is 1. The Labute approximate surface area is 111 Å². The van der Waals surface area contributed by atoms with Gasteiger partial charge in [-0.2, -0.15) is 0 Å². The number of fused-ring (bicyclic) bond motifs is 1. The number of thiazole rings is 1. The zero-order valence-electron chi connectivity index (χ0n) is 8.80. The van der Waals surface area contributed by atoms with E-state index >= 15 is 0 Å². The Morgan fingerprint density at radius 3 is 2.81 bits per heavy atom. The van der Waals surface area contributed by atoms with Crippen LogP contribution in [0.3, 0.4) is 0 Å². The summed E-state index contributed by atoms with van der Waals surface area (Å²) >= 11 is 1.69. The molecule has 0 aliphatic rings. The molecule has 1 aromatic heterocycles. The summed E-state index contributed by atoms with van der Waals surface area (Å²) < 4.78 is 6.61. The van der Waals surface area contributed by atoms with Crippen LogP contribution >= 0.6 is 36.2 Å². The summed E-state index contributed by atoms with van der Waals surface area (Å²) in [5, 5.41) is 1.08. The van der Waals surface area contributed by atoms with Gasteiger partial charge in [-0.3, -0.25) is 0 Å². The zero-order valence-corrected chi connectivity index (χ0v) is 11.3. The monoisotopic (exact) mass is 280 g/mol. The molecule has 3 nitrogen and oxygen atoms in total. The number of ether oxygens (including phenoxy) is 1. The molecule has 0 saturated carbocycles. The molecule has 0 bridgehead atoms. The lowest BCUT2D eigenvalue weighted by atomic mass is 10.3. The van der Waals surface area contributed by atoms with Gasteiger partial charge in [-0.05, 0) is 19.1 Å². The highest BCUT2D eigenvalue weighted by molar-refractivity contribution is 7.18. The Kier molecular flexibility index (Phi) is 6.67. The fourth-order valence-corrected chi connectivity index (χ4v) is 2.10. The number of hydrogen-bond donors (Lipinski definition) is 1. The van der Waals surface area contributed by atoms with E-state index in [2.05, 4.69) is 4.98 Å². The van der Waals surface area contributed by atoms with Crippen molar-refractivity contribution in [3.63, 3.8) is 0 Å². The first-order valence-electron chi connectivity index (χ1n) is 4.49. The average Bonchev–Trinajstić information content (AvgIpc) is 2.54. The highest BCUT2D eigenvalue weighted by Crippen LogP contribution is 2.25. The molecule has 0 aliphatic carbocycles. The first kappa shape index (κ1) is 15.4. The molecule has 1 aromatic carbocycles. The molecule has 0 amide bonds. The summed E-state index contributed by atoms with van der Waals surface area (Å²) in [4.78, 5) is 4.39. The Bertz CT molecular complexity index is 447. The van der Waals surface area contributed by atoms with Gasteiger partial charge >= 0.3 is 0 Å². The first-order valence-corrected chi connectivity index (χ1v) is 5.31. The van der Waals surface area contributed by atoms with Crippen LogP contribution in [-0.2, 0) is 0 Å². The molecular formula is C10H14Cl2N2OS. The van der Waals surface area contributed by atoms with Crippen LogP contribution < -0.4 is 10.5 Å². The molecule has 2 aromatic rings. The molecule has 2 N–H and O–H groups in total. The lowest BCUT2D eigenvalue weighted by Crippen LogP contribution is -2.10. The van der Waals surface area contributed by atoms with Gasteiger partial charge in [-0.1, -0.05) is 0 Å². The molecule has 2 rings (SSSR count). The van der Waals surface area contributed by atoms with Gasteiger partial charge in [-0.15, -0.1) is 36.2 Å². The summed E-state index contributed by atoms with van der Waals surface area (Å²) in [5.41, 5.74) is 6.36. The van der Waals surface area contributed by atoms with E-state index in [9.17, 15) is 0 Å². The van der Waals surface area contributed by atoms with E-state index in [1.807, 2.05) is 25.1 Å². The minimum Gasteiger partial charge on any atom is -0.492 e. The van der Waals surface area contributed by atoms with Gasteiger partial charge in [0.25, 0.3) is 0 Å². The normalized spacial score (nSPS) is 9.38. The fraction of sp³-hybridized carbons (Fsp3) is 0.300. The summed E-state index contributed by atoms with van der Waals surface area (Å²) in [6.07, 6.45) is 0. The standard InChI is InChI=1S/C10H12N2OS.2ClH/c1-7-12-9-6-8(13-5-4-11)2-3-10(9)14-7;;/h2-3,6H,4-5,11H2,1H3;2*1H. The molecule has 6 heteroatoms. The molecular weight excluding hydrogens is 267 g/mol. The lowest BCUT2D eigenvalue weighted by Gasteiger charge is -2.02. The molecule has 0 atom stereocenters. The number of rotatable bonds is 3. The van der Waals surface area contributed by atoms with E-state index in [0.717, 1.165) is 16.3 Å². The van der Waals surface area contributed by atoms with E-state index < -0.39 is 0 Å². The van der Waals surface area contributed by atoms with Crippen molar-refractivity contribution in [2.75, 3.05) is 13.2 Å². The molecule has 16 heavy (non-hydrogen) atoms. The number of hydrogen-bond acceptors (Lipinski definition) is 4. The largest absolute Gasteiger partial charge is 0.492 e. The second-order valence-electron chi connectivity index (χ2n) is 3.00.